The van der Waals surface area contributed by atoms with Gasteiger partial charge in [0.1, 0.15) is 0 Å². The molecule has 0 N–H and O–H groups in total. The molecule has 0 aliphatic heterocycles. The molecule has 0 fully saturated rings. The number of benzene rings is 2. The SMILES string of the molecule is CCOc1ccc(C(=O)OCc2nc(-c3ccc(C)cc3)no2)cc1OC. The molecule has 0 spiro atoms. The van der Waals surface area contributed by atoms with Crippen LogP contribution in [0.5, 0.6) is 11.5 Å². The van der Waals surface area contributed by atoms with Crippen molar-refractivity contribution in [2.75, 3.05) is 13.7 Å². The highest BCUT2D eigenvalue weighted by molar-refractivity contribution is 5.90. The van der Waals surface area contributed by atoms with Crippen LogP contribution in [0.4, 0.5) is 0 Å². The van der Waals surface area contributed by atoms with E-state index in [9.17, 15) is 4.79 Å². The van der Waals surface area contributed by atoms with Crippen molar-refractivity contribution in [2.45, 2.75) is 20.5 Å². The first-order valence-corrected chi connectivity index (χ1v) is 8.48. The molecule has 0 unspecified atom stereocenters. The number of hydrogen-bond donors (Lipinski definition) is 0. The number of methoxy groups -OCH3 is 1. The van der Waals surface area contributed by atoms with Crippen LogP contribution < -0.4 is 9.47 Å². The van der Waals surface area contributed by atoms with Crippen molar-refractivity contribution in [3.05, 3.63) is 59.5 Å². The summed E-state index contributed by atoms with van der Waals surface area (Å²) in [5.41, 5.74) is 2.31. The third kappa shape index (κ3) is 4.44. The van der Waals surface area contributed by atoms with E-state index in [0.717, 1.165) is 11.1 Å². The molecule has 2 aromatic carbocycles. The Morgan fingerprint density at radius 2 is 1.89 bits per heavy atom. The Labute approximate surface area is 156 Å². The van der Waals surface area contributed by atoms with Gasteiger partial charge in [-0.05, 0) is 32.0 Å². The van der Waals surface area contributed by atoms with E-state index in [1.165, 1.54) is 7.11 Å². The van der Waals surface area contributed by atoms with Gasteiger partial charge in [0.2, 0.25) is 5.82 Å². The van der Waals surface area contributed by atoms with E-state index in [4.69, 9.17) is 18.7 Å². The molecular formula is C20H20N2O5. The van der Waals surface area contributed by atoms with Gasteiger partial charge < -0.3 is 18.7 Å². The predicted octanol–water partition coefficient (Wildman–Crippen LogP) is 3.81. The highest BCUT2D eigenvalue weighted by atomic mass is 16.6. The first-order valence-electron chi connectivity index (χ1n) is 8.48. The smallest absolute Gasteiger partial charge is 0.338 e. The number of carbonyl (C=O) groups excluding carboxylic acids is 1. The Balaban J connectivity index is 1.65. The molecule has 0 aliphatic carbocycles. The number of hydrogen-bond acceptors (Lipinski definition) is 7. The highest BCUT2D eigenvalue weighted by Crippen LogP contribution is 2.28. The van der Waals surface area contributed by atoms with Gasteiger partial charge in [-0.25, -0.2) is 4.79 Å². The van der Waals surface area contributed by atoms with Crippen molar-refractivity contribution in [3.8, 4) is 22.9 Å². The van der Waals surface area contributed by atoms with Gasteiger partial charge in [-0.15, -0.1) is 0 Å². The Morgan fingerprint density at radius 1 is 1.11 bits per heavy atom. The second-order valence-corrected chi connectivity index (χ2v) is 5.75. The number of carbonyl (C=O) groups is 1. The number of ether oxygens (including phenoxy) is 3. The number of aromatic nitrogens is 2. The minimum atomic E-state index is -0.522. The molecule has 140 valence electrons. The van der Waals surface area contributed by atoms with Crippen molar-refractivity contribution < 1.29 is 23.5 Å². The fourth-order valence-electron chi connectivity index (χ4n) is 2.41. The minimum Gasteiger partial charge on any atom is -0.493 e. The van der Waals surface area contributed by atoms with Crippen LogP contribution in [-0.4, -0.2) is 29.8 Å². The lowest BCUT2D eigenvalue weighted by molar-refractivity contribution is 0.0429. The molecule has 1 heterocycles. The lowest BCUT2D eigenvalue weighted by Gasteiger charge is -2.10. The fourth-order valence-corrected chi connectivity index (χ4v) is 2.41. The lowest BCUT2D eigenvalue weighted by Crippen LogP contribution is -2.06. The molecule has 0 radical (unpaired) electrons. The quantitative estimate of drug-likeness (QED) is 0.586. The van der Waals surface area contributed by atoms with E-state index < -0.39 is 5.97 Å². The second-order valence-electron chi connectivity index (χ2n) is 5.75. The van der Waals surface area contributed by atoms with E-state index in [2.05, 4.69) is 10.1 Å². The highest BCUT2D eigenvalue weighted by Gasteiger charge is 2.15. The zero-order chi connectivity index (χ0) is 19.2. The molecule has 0 saturated carbocycles. The molecule has 3 rings (SSSR count). The van der Waals surface area contributed by atoms with Crippen LogP contribution in [0.1, 0.15) is 28.7 Å². The van der Waals surface area contributed by atoms with Crippen molar-refractivity contribution >= 4 is 5.97 Å². The molecule has 0 atom stereocenters. The summed E-state index contributed by atoms with van der Waals surface area (Å²) >= 11 is 0. The van der Waals surface area contributed by atoms with Gasteiger partial charge in [-0.2, -0.15) is 4.98 Å². The standard InChI is InChI=1S/C20H20N2O5/c1-4-25-16-10-9-15(11-17(16)24-3)20(23)26-12-18-21-19(22-27-18)14-7-5-13(2)6-8-14/h5-11H,4,12H2,1-3H3. The van der Waals surface area contributed by atoms with Crippen LogP contribution in [0.3, 0.4) is 0 Å². The predicted molar refractivity (Wildman–Crippen MR) is 97.8 cm³/mol. The molecule has 7 heteroatoms. The van der Waals surface area contributed by atoms with Gasteiger partial charge in [-0.3, -0.25) is 0 Å². The monoisotopic (exact) mass is 368 g/mol. The van der Waals surface area contributed by atoms with Gasteiger partial charge in [-0.1, -0.05) is 35.0 Å². The molecule has 3 aromatic rings. The maximum absolute atomic E-state index is 12.3. The summed E-state index contributed by atoms with van der Waals surface area (Å²) in [6.07, 6.45) is 0. The summed E-state index contributed by atoms with van der Waals surface area (Å²) in [6.45, 7) is 4.26. The summed E-state index contributed by atoms with van der Waals surface area (Å²) in [5.74, 6) is 1.17. The van der Waals surface area contributed by atoms with Gasteiger partial charge in [0, 0.05) is 5.56 Å². The molecule has 7 nitrogen and oxygen atoms in total. The van der Waals surface area contributed by atoms with Crippen molar-refractivity contribution in [3.63, 3.8) is 0 Å². The van der Waals surface area contributed by atoms with Crippen LogP contribution in [-0.2, 0) is 11.3 Å². The number of esters is 1. The average Bonchev–Trinajstić information content (AvgIpc) is 3.16. The third-order valence-electron chi connectivity index (χ3n) is 3.80. The zero-order valence-corrected chi connectivity index (χ0v) is 15.4. The van der Waals surface area contributed by atoms with Crippen LogP contribution in [0.15, 0.2) is 47.0 Å². The van der Waals surface area contributed by atoms with Crippen molar-refractivity contribution in [1.82, 2.24) is 10.1 Å². The van der Waals surface area contributed by atoms with Gasteiger partial charge in [0.15, 0.2) is 18.1 Å². The summed E-state index contributed by atoms with van der Waals surface area (Å²) in [6, 6.07) is 12.6. The largest absolute Gasteiger partial charge is 0.493 e. The second kappa shape index (κ2) is 8.35. The topological polar surface area (TPSA) is 83.7 Å². The maximum Gasteiger partial charge on any atom is 0.338 e. The molecule has 1 aromatic heterocycles. The van der Waals surface area contributed by atoms with E-state index in [1.54, 1.807) is 18.2 Å². The average molecular weight is 368 g/mol. The Kier molecular flexibility index (Phi) is 5.71. The summed E-state index contributed by atoms with van der Waals surface area (Å²) in [4.78, 5) is 16.5. The van der Waals surface area contributed by atoms with E-state index in [-0.39, 0.29) is 12.5 Å². The molecule has 0 bridgehead atoms. The van der Waals surface area contributed by atoms with Gasteiger partial charge >= 0.3 is 5.97 Å². The Bertz CT molecular complexity index is 918. The van der Waals surface area contributed by atoms with Crippen LogP contribution >= 0.6 is 0 Å². The van der Waals surface area contributed by atoms with Gasteiger partial charge in [0.25, 0.3) is 5.89 Å². The summed E-state index contributed by atoms with van der Waals surface area (Å²) in [7, 11) is 1.51. The number of rotatable bonds is 7. The van der Waals surface area contributed by atoms with E-state index in [0.29, 0.717) is 29.5 Å². The third-order valence-corrected chi connectivity index (χ3v) is 3.80. The molecule has 0 saturated heterocycles. The zero-order valence-electron chi connectivity index (χ0n) is 15.4. The summed E-state index contributed by atoms with van der Waals surface area (Å²) < 4.78 is 21.1. The first-order chi connectivity index (χ1) is 13.1. The first kappa shape index (κ1) is 18.4. The Morgan fingerprint density at radius 3 is 2.59 bits per heavy atom. The van der Waals surface area contributed by atoms with E-state index >= 15 is 0 Å². The van der Waals surface area contributed by atoms with Crippen LogP contribution in [0, 0.1) is 6.92 Å². The minimum absolute atomic E-state index is 0.118. The van der Waals surface area contributed by atoms with E-state index in [1.807, 2.05) is 38.1 Å². The Hall–Kier alpha value is -3.35. The number of nitrogens with zero attached hydrogens (tertiary/aromatic N) is 2. The fraction of sp³-hybridized carbons (Fsp3) is 0.250. The lowest BCUT2D eigenvalue weighted by atomic mass is 10.1. The van der Waals surface area contributed by atoms with Crippen molar-refractivity contribution in [2.24, 2.45) is 0 Å². The normalized spacial score (nSPS) is 10.5. The summed E-state index contributed by atoms with van der Waals surface area (Å²) in [5, 5.41) is 3.91. The molecule has 0 amide bonds. The molecule has 0 aliphatic rings. The van der Waals surface area contributed by atoms with Gasteiger partial charge in [0.05, 0.1) is 19.3 Å². The molecule has 27 heavy (non-hydrogen) atoms. The molecular weight excluding hydrogens is 348 g/mol. The maximum atomic E-state index is 12.3. The van der Waals surface area contributed by atoms with Crippen LogP contribution in [0.25, 0.3) is 11.4 Å². The van der Waals surface area contributed by atoms with Crippen molar-refractivity contribution in [1.29, 1.82) is 0 Å². The number of aryl methyl sites for hydroxylation is 1. The van der Waals surface area contributed by atoms with Crippen LogP contribution in [0.2, 0.25) is 0 Å².